The summed E-state index contributed by atoms with van der Waals surface area (Å²) in [5.41, 5.74) is 5.96. The molecular weight excluding hydrogens is 400 g/mol. The lowest BCUT2D eigenvalue weighted by atomic mass is 9.85. The van der Waals surface area contributed by atoms with Crippen LogP contribution in [0.1, 0.15) is 49.1 Å². The molecule has 5 nitrogen and oxygen atoms in total. The topological polar surface area (TPSA) is 61.8 Å². The number of aromatic hydroxyl groups is 1. The fraction of sp³-hybridized carbons (Fsp3) is 0.296. The van der Waals surface area contributed by atoms with Gasteiger partial charge in [0.25, 0.3) is 0 Å². The number of carbonyl (C=O) groups excluding carboxylic acids is 1. The summed E-state index contributed by atoms with van der Waals surface area (Å²) in [5, 5.41) is 13.0. The van der Waals surface area contributed by atoms with Gasteiger partial charge in [0.2, 0.25) is 5.91 Å². The van der Waals surface area contributed by atoms with Crippen molar-refractivity contribution < 1.29 is 14.6 Å². The van der Waals surface area contributed by atoms with E-state index in [1.54, 1.807) is 12.1 Å². The monoisotopic (exact) mass is 430 g/mol. The van der Waals surface area contributed by atoms with Gasteiger partial charge in [-0.15, -0.1) is 0 Å². The molecule has 1 atom stereocenters. The van der Waals surface area contributed by atoms with Gasteiger partial charge in [0, 0.05) is 18.4 Å². The zero-order valence-corrected chi connectivity index (χ0v) is 19.1. The number of rotatable bonds is 6. The number of aryl methyl sites for hydroxylation is 1. The summed E-state index contributed by atoms with van der Waals surface area (Å²) >= 11 is 0. The number of phenolic OH excluding ortho intramolecular Hbond substituents is 1. The highest BCUT2D eigenvalue weighted by Crippen LogP contribution is 2.42. The Balaban J connectivity index is 1.90. The minimum absolute atomic E-state index is 0.0485. The molecule has 0 aromatic heterocycles. The first-order valence-electron chi connectivity index (χ1n) is 11.1. The molecule has 4 rings (SSSR count). The molecule has 3 aromatic carbocycles. The number of hydrogen-bond donors (Lipinski definition) is 2. The molecule has 166 valence electrons. The van der Waals surface area contributed by atoms with Crippen molar-refractivity contribution in [2.45, 2.75) is 45.8 Å². The average Bonchev–Trinajstić information content (AvgIpc) is 2.78. The number of hydrogen-bond acceptors (Lipinski definition) is 4. The van der Waals surface area contributed by atoms with E-state index in [1.807, 2.05) is 62.2 Å². The van der Waals surface area contributed by atoms with Crippen LogP contribution in [0, 0.1) is 0 Å². The van der Waals surface area contributed by atoms with Crippen LogP contribution in [0.3, 0.4) is 0 Å². The highest BCUT2D eigenvalue weighted by molar-refractivity contribution is 5.98. The quantitative estimate of drug-likeness (QED) is 0.545. The summed E-state index contributed by atoms with van der Waals surface area (Å²) in [6.07, 6.45) is 1.23. The second-order valence-corrected chi connectivity index (χ2v) is 8.41. The summed E-state index contributed by atoms with van der Waals surface area (Å²) < 4.78 is 6.15. The first kappa shape index (κ1) is 21.8. The number of benzene rings is 3. The summed E-state index contributed by atoms with van der Waals surface area (Å²) in [4.78, 5) is 15.3. The highest BCUT2D eigenvalue weighted by atomic mass is 16.5. The van der Waals surface area contributed by atoms with Crippen LogP contribution < -0.4 is 15.0 Å². The first-order valence-corrected chi connectivity index (χ1v) is 11.1. The molecule has 1 unspecified atom stereocenters. The predicted octanol–water partition coefficient (Wildman–Crippen LogP) is 5.46. The Bertz CT molecular complexity index is 1100. The van der Waals surface area contributed by atoms with Gasteiger partial charge < -0.3 is 20.1 Å². The van der Waals surface area contributed by atoms with Gasteiger partial charge in [-0.05, 0) is 85.0 Å². The third-order valence-electron chi connectivity index (χ3n) is 5.87. The maximum absolute atomic E-state index is 13.5. The van der Waals surface area contributed by atoms with Gasteiger partial charge >= 0.3 is 0 Å². The number of nitrogens with zero attached hydrogens (tertiary/aromatic N) is 1. The number of anilines is 2. The Morgan fingerprint density at radius 1 is 1.09 bits per heavy atom. The minimum atomic E-state index is -0.312. The fourth-order valence-corrected chi connectivity index (χ4v) is 4.34. The van der Waals surface area contributed by atoms with Gasteiger partial charge in [0.15, 0.2) is 0 Å². The van der Waals surface area contributed by atoms with Crippen molar-refractivity contribution in [3.05, 3.63) is 82.9 Å². The standard InChI is InChI=1S/C27H30N2O3/c1-5-18-14-20-15-26(31)29(22-10-8-21(28-4)9-11-22)27(19-6-12-23(30)13-7-19)24(20)16-25(18)32-17(2)3/h6-14,16-17,27-28,30H,5,15H2,1-4H3. The van der Waals surface area contributed by atoms with E-state index in [0.29, 0.717) is 6.42 Å². The summed E-state index contributed by atoms with van der Waals surface area (Å²) in [6.45, 7) is 6.15. The van der Waals surface area contributed by atoms with Crippen LogP contribution in [-0.2, 0) is 17.6 Å². The number of ether oxygens (including phenoxy) is 1. The molecular formula is C27H30N2O3. The average molecular weight is 431 g/mol. The van der Waals surface area contributed by atoms with Crippen LogP contribution in [0.5, 0.6) is 11.5 Å². The van der Waals surface area contributed by atoms with Gasteiger partial charge in [-0.2, -0.15) is 0 Å². The molecule has 1 heterocycles. The highest BCUT2D eigenvalue weighted by Gasteiger charge is 2.35. The zero-order valence-electron chi connectivity index (χ0n) is 19.1. The van der Waals surface area contributed by atoms with Gasteiger partial charge in [0.1, 0.15) is 11.5 Å². The third-order valence-corrected chi connectivity index (χ3v) is 5.87. The molecule has 0 saturated carbocycles. The van der Waals surface area contributed by atoms with Crippen molar-refractivity contribution >= 4 is 17.3 Å². The van der Waals surface area contributed by atoms with Crippen LogP contribution >= 0.6 is 0 Å². The van der Waals surface area contributed by atoms with Crippen molar-refractivity contribution in [1.82, 2.24) is 0 Å². The molecule has 1 amide bonds. The number of carbonyl (C=O) groups is 1. The van der Waals surface area contributed by atoms with Crippen molar-refractivity contribution in [2.24, 2.45) is 0 Å². The van der Waals surface area contributed by atoms with Gasteiger partial charge in [-0.25, -0.2) is 0 Å². The van der Waals surface area contributed by atoms with E-state index < -0.39 is 0 Å². The molecule has 0 fully saturated rings. The van der Waals surface area contributed by atoms with E-state index in [2.05, 4.69) is 24.4 Å². The van der Waals surface area contributed by atoms with Crippen molar-refractivity contribution in [3.63, 3.8) is 0 Å². The van der Waals surface area contributed by atoms with E-state index in [-0.39, 0.29) is 23.8 Å². The van der Waals surface area contributed by atoms with E-state index in [4.69, 9.17) is 4.74 Å². The molecule has 0 radical (unpaired) electrons. The Labute approximate surface area is 189 Å². The maximum atomic E-state index is 13.5. The predicted molar refractivity (Wildman–Crippen MR) is 129 cm³/mol. The number of fused-ring (bicyclic) bond motifs is 1. The third kappa shape index (κ3) is 4.15. The Kier molecular flexibility index (Phi) is 6.08. The second kappa shape index (κ2) is 8.95. The smallest absolute Gasteiger partial charge is 0.232 e. The summed E-state index contributed by atoms with van der Waals surface area (Å²) in [7, 11) is 1.87. The molecule has 1 aliphatic heterocycles. The van der Waals surface area contributed by atoms with E-state index in [9.17, 15) is 9.90 Å². The molecule has 0 aliphatic carbocycles. The molecule has 3 aromatic rings. The van der Waals surface area contributed by atoms with Crippen LogP contribution in [0.2, 0.25) is 0 Å². The molecule has 32 heavy (non-hydrogen) atoms. The molecule has 5 heteroatoms. The Morgan fingerprint density at radius 2 is 1.78 bits per heavy atom. The normalized spacial score (nSPS) is 15.6. The van der Waals surface area contributed by atoms with E-state index in [0.717, 1.165) is 45.8 Å². The molecule has 0 bridgehead atoms. The molecule has 1 aliphatic rings. The van der Waals surface area contributed by atoms with Gasteiger partial charge in [-0.3, -0.25) is 4.79 Å². The van der Waals surface area contributed by atoms with Gasteiger partial charge in [0.05, 0.1) is 18.6 Å². The largest absolute Gasteiger partial charge is 0.508 e. The van der Waals surface area contributed by atoms with E-state index in [1.165, 1.54) is 0 Å². The maximum Gasteiger partial charge on any atom is 0.232 e. The van der Waals surface area contributed by atoms with Crippen LogP contribution in [0.15, 0.2) is 60.7 Å². The lowest BCUT2D eigenvalue weighted by molar-refractivity contribution is -0.118. The van der Waals surface area contributed by atoms with Crippen molar-refractivity contribution in [3.8, 4) is 11.5 Å². The van der Waals surface area contributed by atoms with E-state index >= 15 is 0 Å². The summed E-state index contributed by atoms with van der Waals surface area (Å²) in [5.74, 6) is 1.11. The van der Waals surface area contributed by atoms with Crippen LogP contribution in [0.25, 0.3) is 0 Å². The van der Waals surface area contributed by atoms with Crippen LogP contribution in [0.4, 0.5) is 11.4 Å². The van der Waals surface area contributed by atoms with Crippen molar-refractivity contribution in [2.75, 3.05) is 17.3 Å². The number of amides is 1. The van der Waals surface area contributed by atoms with Crippen molar-refractivity contribution in [1.29, 1.82) is 0 Å². The number of phenols is 1. The lowest BCUT2D eigenvalue weighted by Crippen LogP contribution is -2.41. The second-order valence-electron chi connectivity index (χ2n) is 8.41. The molecule has 0 saturated heterocycles. The lowest BCUT2D eigenvalue weighted by Gasteiger charge is -2.38. The molecule has 0 spiro atoms. The summed E-state index contributed by atoms with van der Waals surface area (Å²) in [6, 6.07) is 18.9. The fourth-order valence-electron chi connectivity index (χ4n) is 4.34. The van der Waals surface area contributed by atoms with Gasteiger partial charge in [-0.1, -0.05) is 25.1 Å². The van der Waals surface area contributed by atoms with Crippen LogP contribution in [-0.4, -0.2) is 24.2 Å². The Hall–Kier alpha value is -3.47. The first-order chi connectivity index (χ1) is 15.4. The SMILES string of the molecule is CCc1cc2c(cc1OC(C)C)C(c1ccc(O)cc1)N(c1ccc(NC)cc1)C(=O)C2. The Morgan fingerprint density at radius 3 is 2.38 bits per heavy atom. The minimum Gasteiger partial charge on any atom is -0.508 e. The number of nitrogens with one attached hydrogen (secondary N) is 1. The molecule has 2 N–H and O–H groups in total. The zero-order chi connectivity index (χ0) is 22.8.